The number of benzene rings is 1. The van der Waals surface area contributed by atoms with E-state index in [1.165, 1.54) is 0 Å². The van der Waals surface area contributed by atoms with Gasteiger partial charge in [0.25, 0.3) is 5.91 Å². The number of nitrogens with one attached hydrogen (secondary N) is 1. The number of aryl methyl sites for hydroxylation is 1. The molecule has 1 aromatic rings. The monoisotopic (exact) mass is 313 g/mol. The van der Waals surface area contributed by atoms with E-state index in [1.54, 1.807) is 0 Å². The molecule has 0 saturated heterocycles. The van der Waals surface area contributed by atoms with Gasteiger partial charge in [-0.2, -0.15) is 0 Å². The van der Waals surface area contributed by atoms with E-state index in [4.69, 9.17) is 4.74 Å². The Bertz CT molecular complexity index is 393. The van der Waals surface area contributed by atoms with Crippen LogP contribution in [0.25, 0.3) is 0 Å². The summed E-state index contributed by atoms with van der Waals surface area (Å²) in [5.41, 5.74) is 1.81. The molecule has 0 unspecified atom stereocenters. The number of carbonyl (C=O) groups excluding carboxylic acids is 1. The fraction of sp³-hybridized carbons (Fsp3) is 0.500. The highest BCUT2D eigenvalue weighted by atomic mass is 79.9. The predicted molar refractivity (Wildman–Crippen MR) is 76.9 cm³/mol. The minimum absolute atomic E-state index is 0.0441. The molecule has 0 fully saturated rings. The zero-order valence-electron chi connectivity index (χ0n) is 11.0. The summed E-state index contributed by atoms with van der Waals surface area (Å²) in [5, 5.41) is 2.89. The van der Waals surface area contributed by atoms with Gasteiger partial charge in [0.2, 0.25) is 0 Å². The van der Waals surface area contributed by atoms with Crippen LogP contribution >= 0.6 is 15.9 Å². The standard InChI is InChI=1S/C14H20BrNO2/c1-3-8-18-9-4-7-16-14(17)12-6-5-11(2)10-13(12)15/h5-6,10H,3-4,7-9H2,1-2H3,(H,16,17). The third kappa shape index (κ3) is 5.19. The van der Waals surface area contributed by atoms with Crippen molar-refractivity contribution in [2.24, 2.45) is 0 Å². The van der Waals surface area contributed by atoms with Crippen molar-refractivity contribution in [3.63, 3.8) is 0 Å². The van der Waals surface area contributed by atoms with E-state index in [-0.39, 0.29) is 5.91 Å². The normalized spacial score (nSPS) is 10.4. The molecule has 1 rings (SSSR count). The summed E-state index contributed by atoms with van der Waals surface area (Å²) >= 11 is 3.41. The summed E-state index contributed by atoms with van der Waals surface area (Å²) in [4.78, 5) is 11.9. The molecule has 18 heavy (non-hydrogen) atoms. The summed E-state index contributed by atoms with van der Waals surface area (Å²) in [7, 11) is 0. The van der Waals surface area contributed by atoms with Crippen molar-refractivity contribution < 1.29 is 9.53 Å². The second kappa shape index (κ2) is 8.27. The molecule has 100 valence electrons. The highest BCUT2D eigenvalue weighted by molar-refractivity contribution is 9.10. The molecule has 1 aromatic carbocycles. The molecule has 1 N–H and O–H groups in total. The van der Waals surface area contributed by atoms with Crippen molar-refractivity contribution in [1.29, 1.82) is 0 Å². The zero-order valence-corrected chi connectivity index (χ0v) is 12.5. The summed E-state index contributed by atoms with van der Waals surface area (Å²) in [6.45, 7) is 6.21. The smallest absolute Gasteiger partial charge is 0.252 e. The van der Waals surface area contributed by atoms with Crippen LogP contribution in [-0.2, 0) is 4.74 Å². The fourth-order valence-electron chi connectivity index (χ4n) is 1.52. The Morgan fingerprint density at radius 2 is 2.17 bits per heavy atom. The van der Waals surface area contributed by atoms with Gasteiger partial charge in [0.05, 0.1) is 5.56 Å². The van der Waals surface area contributed by atoms with Gasteiger partial charge >= 0.3 is 0 Å². The van der Waals surface area contributed by atoms with Crippen LogP contribution in [0.1, 0.15) is 35.7 Å². The van der Waals surface area contributed by atoms with Gasteiger partial charge in [-0.1, -0.05) is 13.0 Å². The summed E-state index contributed by atoms with van der Waals surface area (Å²) < 4.78 is 6.18. The molecule has 0 spiro atoms. The van der Waals surface area contributed by atoms with Gasteiger partial charge in [-0.05, 0) is 53.4 Å². The molecule has 4 heteroatoms. The Kier molecular flexibility index (Phi) is 6.98. The number of rotatable bonds is 7. The van der Waals surface area contributed by atoms with E-state index in [2.05, 4.69) is 28.2 Å². The largest absolute Gasteiger partial charge is 0.381 e. The third-order valence-corrected chi connectivity index (χ3v) is 3.12. The van der Waals surface area contributed by atoms with Gasteiger partial charge < -0.3 is 10.1 Å². The lowest BCUT2D eigenvalue weighted by Crippen LogP contribution is -2.25. The van der Waals surface area contributed by atoms with Crippen molar-refractivity contribution in [2.45, 2.75) is 26.7 Å². The Morgan fingerprint density at radius 3 is 2.83 bits per heavy atom. The molecule has 1 amide bonds. The topological polar surface area (TPSA) is 38.3 Å². The molecule has 0 saturated carbocycles. The number of hydrogen-bond donors (Lipinski definition) is 1. The zero-order chi connectivity index (χ0) is 13.4. The number of carbonyl (C=O) groups is 1. The molecule has 3 nitrogen and oxygen atoms in total. The van der Waals surface area contributed by atoms with E-state index < -0.39 is 0 Å². The Hall–Kier alpha value is -0.870. The molecule has 0 aliphatic rings. The first-order valence-corrected chi connectivity index (χ1v) is 7.06. The van der Waals surface area contributed by atoms with Crippen molar-refractivity contribution >= 4 is 21.8 Å². The highest BCUT2D eigenvalue weighted by Gasteiger charge is 2.08. The highest BCUT2D eigenvalue weighted by Crippen LogP contribution is 2.18. The van der Waals surface area contributed by atoms with E-state index in [0.29, 0.717) is 18.7 Å². The van der Waals surface area contributed by atoms with Gasteiger partial charge in [-0.3, -0.25) is 4.79 Å². The van der Waals surface area contributed by atoms with Crippen LogP contribution in [0.5, 0.6) is 0 Å². The number of amides is 1. The van der Waals surface area contributed by atoms with Gasteiger partial charge in [0.1, 0.15) is 0 Å². The lowest BCUT2D eigenvalue weighted by atomic mass is 10.1. The number of halogens is 1. The molecular formula is C14H20BrNO2. The molecule has 0 aromatic heterocycles. The maximum atomic E-state index is 11.9. The van der Waals surface area contributed by atoms with Gasteiger partial charge in [0, 0.05) is 24.2 Å². The molecule has 0 heterocycles. The molecule has 0 aliphatic heterocycles. The number of hydrogen-bond acceptors (Lipinski definition) is 2. The summed E-state index contributed by atoms with van der Waals surface area (Å²) in [6, 6.07) is 5.71. The van der Waals surface area contributed by atoms with Crippen LogP contribution in [0.15, 0.2) is 22.7 Å². The van der Waals surface area contributed by atoms with Crippen molar-refractivity contribution in [3.05, 3.63) is 33.8 Å². The first-order chi connectivity index (χ1) is 8.65. The van der Waals surface area contributed by atoms with E-state index in [9.17, 15) is 4.79 Å². The Balaban J connectivity index is 2.32. The molecule has 0 aliphatic carbocycles. The second-order valence-corrected chi connectivity index (χ2v) is 5.06. The summed E-state index contributed by atoms with van der Waals surface area (Å²) in [5.74, 6) is -0.0441. The SMILES string of the molecule is CCCOCCCNC(=O)c1ccc(C)cc1Br. The Morgan fingerprint density at radius 1 is 1.39 bits per heavy atom. The lowest BCUT2D eigenvalue weighted by Gasteiger charge is -2.07. The maximum Gasteiger partial charge on any atom is 0.252 e. The van der Waals surface area contributed by atoms with Crippen LogP contribution in [0.3, 0.4) is 0 Å². The first kappa shape index (κ1) is 15.2. The molecule has 0 bridgehead atoms. The van der Waals surface area contributed by atoms with Crippen molar-refractivity contribution in [1.82, 2.24) is 5.32 Å². The van der Waals surface area contributed by atoms with Crippen LogP contribution in [0.4, 0.5) is 0 Å². The van der Waals surface area contributed by atoms with E-state index >= 15 is 0 Å². The van der Waals surface area contributed by atoms with Gasteiger partial charge in [-0.15, -0.1) is 0 Å². The summed E-state index contributed by atoms with van der Waals surface area (Å²) in [6.07, 6.45) is 1.87. The van der Waals surface area contributed by atoms with Crippen LogP contribution in [-0.4, -0.2) is 25.7 Å². The van der Waals surface area contributed by atoms with Crippen LogP contribution < -0.4 is 5.32 Å². The maximum absolute atomic E-state index is 11.9. The molecule has 0 radical (unpaired) electrons. The third-order valence-electron chi connectivity index (χ3n) is 2.47. The lowest BCUT2D eigenvalue weighted by molar-refractivity contribution is 0.0940. The predicted octanol–water partition coefficient (Wildman–Crippen LogP) is 3.30. The second-order valence-electron chi connectivity index (χ2n) is 4.21. The van der Waals surface area contributed by atoms with Crippen LogP contribution in [0.2, 0.25) is 0 Å². The first-order valence-electron chi connectivity index (χ1n) is 6.27. The van der Waals surface area contributed by atoms with Gasteiger partial charge in [-0.25, -0.2) is 0 Å². The van der Waals surface area contributed by atoms with Gasteiger partial charge in [0.15, 0.2) is 0 Å². The minimum Gasteiger partial charge on any atom is -0.381 e. The van der Waals surface area contributed by atoms with Crippen LogP contribution in [0, 0.1) is 6.92 Å². The van der Waals surface area contributed by atoms with E-state index in [0.717, 1.165) is 29.5 Å². The average molecular weight is 314 g/mol. The van der Waals surface area contributed by atoms with E-state index in [1.807, 2.05) is 25.1 Å². The van der Waals surface area contributed by atoms with Crippen molar-refractivity contribution in [3.8, 4) is 0 Å². The van der Waals surface area contributed by atoms with Crippen molar-refractivity contribution in [2.75, 3.05) is 19.8 Å². The molecular weight excluding hydrogens is 294 g/mol. The molecule has 0 atom stereocenters. The average Bonchev–Trinajstić information content (AvgIpc) is 2.33. The quantitative estimate of drug-likeness (QED) is 0.784. The number of ether oxygens (including phenoxy) is 1. The Labute approximate surface area is 117 Å². The fourth-order valence-corrected chi connectivity index (χ4v) is 2.20. The minimum atomic E-state index is -0.0441.